The van der Waals surface area contributed by atoms with Crippen LogP contribution in [-0.4, -0.2) is 36.7 Å². The molecular weight excluding hydrogens is 383 g/mol. The quantitative estimate of drug-likeness (QED) is 0.659. The van der Waals surface area contributed by atoms with E-state index in [4.69, 9.17) is 16.1 Å². The molecule has 1 aliphatic heterocycles. The van der Waals surface area contributed by atoms with Crippen molar-refractivity contribution in [2.75, 3.05) is 30.4 Å². The molecule has 4 rings (SSSR count). The van der Waals surface area contributed by atoms with Gasteiger partial charge in [-0.15, -0.1) is 0 Å². The molecule has 1 aromatic heterocycles. The van der Waals surface area contributed by atoms with Crippen molar-refractivity contribution in [2.24, 2.45) is 0 Å². The number of amides is 1. The van der Waals surface area contributed by atoms with Crippen LogP contribution in [0, 0.1) is 5.82 Å². The van der Waals surface area contributed by atoms with Crippen molar-refractivity contribution in [1.29, 1.82) is 0 Å². The van der Waals surface area contributed by atoms with E-state index in [2.05, 4.69) is 10.1 Å². The van der Waals surface area contributed by atoms with Crippen molar-refractivity contribution in [3.05, 3.63) is 59.1 Å². The molecule has 8 heteroatoms. The van der Waals surface area contributed by atoms with Gasteiger partial charge in [-0.3, -0.25) is 4.79 Å². The largest absolute Gasteiger partial charge is 0.378 e. The Bertz CT molecular complexity index is 1020. The van der Waals surface area contributed by atoms with Gasteiger partial charge in [-0.25, -0.2) is 4.39 Å². The Morgan fingerprint density at radius 2 is 1.96 bits per heavy atom. The van der Waals surface area contributed by atoms with Crippen molar-refractivity contribution in [2.45, 2.75) is 12.3 Å². The smallest absolute Gasteiger partial charge is 0.257 e. The summed E-state index contributed by atoms with van der Waals surface area (Å²) in [5.74, 6) is 0.00768. The monoisotopic (exact) mass is 400 g/mol. The lowest BCUT2D eigenvalue weighted by atomic mass is 10.1. The molecule has 3 aromatic rings. The first-order valence-corrected chi connectivity index (χ1v) is 9.17. The summed E-state index contributed by atoms with van der Waals surface area (Å²) in [4.78, 5) is 20.4. The molecule has 1 amide bonds. The molecule has 28 heavy (non-hydrogen) atoms. The van der Waals surface area contributed by atoms with Gasteiger partial charge in [0.1, 0.15) is 5.82 Å². The lowest BCUT2D eigenvalue weighted by molar-refractivity contribution is -0.117. The van der Waals surface area contributed by atoms with Crippen LogP contribution in [0.5, 0.6) is 0 Å². The summed E-state index contributed by atoms with van der Waals surface area (Å²) in [6.07, 6.45) is 0.214. The van der Waals surface area contributed by atoms with E-state index in [0.29, 0.717) is 29.0 Å². The number of nitrogens with zero attached hydrogens (tertiary/aromatic N) is 4. The molecule has 2 heterocycles. The maximum absolute atomic E-state index is 13.6. The van der Waals surface area contributed by atoms with Crippen molar-refractivity contribution in [3.8, 4) is 11.5 Å². The standard InChI is InChI=1S/C20H18ClFN4O2/c1-25(2)15-6-3-12(4-7-15)20-23-19(24-28-20)13-9-18(27)26(11-13)17-10-14(22)5-8-16(17)21/h3-8,10,13H,9,11H2,1-2H3. The first kappa shape index (κ1) is 18.4. The van der Waals surface area contributed by atoms with Gasteiger partial charge in [-0.05, 0) is 42.5 Å². The van der Waals surface area contributed by atoms with E-state index in [1.807, 2.05) is 43.3 Å². The number of hydrogen-bond acceptors (Lipinski definition) is 5. The number of anilines is 2. The Morgan fingerprint density at radius 1 is 1.21 bits per heavy atom. The third-order valence-corrected chi connectivity index (χ3v) is 5.08. The summed E-state index contributed by atoms with van der Waals surface area (Å²) in [6.45, 7) is 0.320. The third-order valence-electron chi connectivity index (χ3n) is 4.76. The Morgan fingerprint density at radius 3 is 2.68 bits per heavy atom. The topological polar surface area (TPSA) is 62.5 Å². The highest BCUT2D eigenvalue weighted by atomic mass is 35.5. The number of aromatic nitrogens is 2. The molecule has 0 N–H and O–H groups in total. The van der Waals surface area contributed by atoms with Gasteiger partial charge in [0.2, 0.25) is 5.91 Å². The molecule has 0 radical (unpaired) electrons. The molecule has 0 aliphatic carbocycles. The van der Waals surface area contributed by atoms with Crippen LogP contribution in [0.15, 0.2) is 47.0 Å². The first-order valence-electron chi connectivity index (χ1n) is 8.79. The van der Waals surface area contributed by atoms with Crippen LogP contribution < -0.4 is 9.80 Å². The van der Waals surface area contributed by atoms with Gasteiger partial charge < -0.3 is 14.3 Å². The summed E-state index contributed by atoms with van der Waals surface area (Å²) in [5, 5.41) is 4.38. The fraction of sp³-hybridized carbons (Fsp3) is 0.250. The van der Waals surface area contributed by atoms with Gasteiger partial charge in [0.25, 0.3) is 5.89 Å². The molecule has 0 saturated carbocycles. The van der Waals surface area contributed by atoms with E-state index in [1.54, 1.807) is 0 Å². The van der Waals surface area contributed by atoms with Crippen LogP contribution in [0.2, 0.25) is 5.02 Å². The summed E-state index contributed by atoms with van der Waals surface area (Å²) in [7, 11) is 3.93. The average Bonchev–Trinajstić information content (AvgIpc) is 3.31. The third kappa shape index (κ3) is 3.45. The Balaban J connectivity index is 1.55. The Kier molecular flexibility index (Phi) is 4.77. The highest BCUT2D eigenvalue weighted by Crippen LogP contribution is 2.35. The van der Waals surface area contributed by atoms with Gasteiger partial charge in [-0.2, -0.15) is 4.98 Å². The maximum atomic E-state index is 13.6. The first-order chi connectivity index (χ1) is 13.4. The fourth-order valence-electron chi connectivity index (χ4n) is 3.23. The highest BCUT2D eigenvalue weighted by Gasteiger charge is 2.35. The lowest BCUT2D eigenvalue weighted by Crippen LogP contribution is -2.24. The van der Waals surface area contributed by atoms with Crippen molar-refractivity contribution in [3.63, 3.8) is 0 Å². The molecule has 1 atom stereocenters. The second-order valence-electron chi connectivity index (χ2n) is 6.90. The molecule has 144 valence electrons. The van der Waals surface area contributed by atoms with Gasteiger partial charge >= 0.3 is 0 Å². The Hall–Kier alpha value is -2.93. The second-order valence-corrected chi connectivity index (χ2v) is 7.31. The summed E-state index contributed by atoms with van der Waals surface area (Å²) in [5.41, 5.74) is 2.23. The maximum Gasteiger partial charge on any atom is 0.257 e. The molecule has 6 nitrogen and oxygen atoms in total. The summed E-state index contributed by atoms with van der Waals surface area (Å²) in [6, 6.07) is 11.7. The number of benzene rings is 2. The lowest BCUT2D eigenvalue weighted by Gasteiger charge is -2.17. The zero-order chi connectivity index (χ0) is 19.8. The number of hydrogen-bond donors (Lipinski definition) is 0. The number of rotatable bonds is 4. The molecular formula is C20H18ClFN4O2. The van der Waals surface area contributed by atoms with E-state index in [1.165, 1.54) is 23.1 Å². The van der Waals surface area contributed by atoms with Gasteiger partial charge in [0.15, 0.2) is 5.82 Å². The van der Waals surface area contributed by atoms with Crippen molar-refractivity contribution < 1.29 is 13.7 Å². The molecule has 0 bridgehead atoms. The molecule has 1 saturated heterocycles. The zero-order valence-corrected chi connectivity index (χ0v) is 16.2. The molecule has 2 aromatic carbocycles. The van der Waals surface area contributed by atoms with Crippen LogP contribution in [0.1, 0.15) is 18.2 Å². The summed E-state index contributed by atoms with van der Waals surface area (Å²) < 4.78 is 19.0. The number of carbonyl (C=O) groups excluding carboxylic acids is 1. The van der Waals surface area contributed by atoms with E-state index in [0.717, 1.165) is 11.3 Å². The molecule has 1 unspecified atom stereocenters. The van der Waals surface area contributed by atoms with Crippen LogP contribution >= 0.6 is 11.6 Å². The highest BCUT2D eigenvalue weighted by molar-refractivity contribution is 6.33. The van der Waals surface area contributed by atoms with Crippen molar-refractivity contribution >= 4 is 28.9 Å². The average molecular weight is 401 g/mol. The molecule has 1 fully saturated rings. The number of halogens is 2. The van der Waals surface area contributed by atoms with Gasteiger partial charge in [0, 0.05) is 44.2 Å². The minimum Gasteiger partial charge on any atom is -0.378 e. The zero-order valence-electron chi connectivity index (χ0n) is 15.4. The minimum atomic E-state index is -0.446. The predicted octanol–water partition coefficient (Wildman–Crippen LogP) is 4.12. The van der Waals surface area contributed by atoms with Crippen LogP contribution in [0.4, 0.5) is 15.8 Å². The fourth-order valence-corrected chi connectivity index (χ4v) is 3.45. The van der Waals surface area contributed by atoms with Crippen LogP contribution in [-0.2, 0) is 4.79 Å². The Labute approximate surface area is 166 Å². The van der Waals surface area contributed by atoms with Gasteiger partial charge in [0.05, 0.1) is 10.7 Å². The number of carbonyl (C=O) groups is 1. The van der Waals surface area contributed by atoms with Crippen molar-refractivity contribution in [1.82, 2.24) is 10.1 Å². The van der Waals surface area contributed by atoms with E-state index in [9.17, 15) is 9.18 Å². The second kappa shape index (κ2) is 7.24. The van der Waals surface area contributed by atoms with E-state index < -0.39 is 5.82 Å². The van der Waals surface area contributed by atoms with Crippen LogP contribution in [0.3, 0.4) is 0 Å². The van der Waals surface area contributed by atoms with E-state index >= 15 is 0 Å². The van der Waals surface area contributed by atoms with Gasteiger partial charge in [-0.1, -0.05) is 16.8 Å². The summed E-state index contributed by atoms with van der Waals surface area (Å²) >= 11 is 6.14. The van der Waals surface area contributed by atoms with Crippen LogP contribution in [0.25, 0.3) is 11.5 Å². The minimum absolute atomic E-state index is 0.154. The SMILES string of the molecule is CN(C)c1ccc(-c2nc(C3CC(=O)N(c4cc(F)ccc4Cl)C3)no2)cc1. The molecule has 1 aliphatic rings. The normalized spacial score (nSPS) is 16.6. The predicted molar refractivity (Wildman–Crippen MR) is 105 cm³/mol. The van der Waals surface area contributed by atoms with E-state index in [-0.39, 0.29) is 18.2 Å². The molecule has 0 spiro atoms.